The van der Waals surface area contributed by atoms with Crippen LogP contribution in [-0.2, 0) is 10.0 Å². The van der Waals surface area contributed by atoms with Crippen LogP contribution in [0.2, 0.25) is 0 Å². The summed E-state index contributed by atoms with van der Waals surface area (Å²) in [5, 5.41) is 13.2. The topological polar surface area (TPSA) is 78.4 Å². The van der Waals surface area contributed by atoms with E-state index in [0.29, 0.717) is 18.9 Å². The van der Waals surface area contributed by atoms with Gasteiger partial charge in [0.05, 0.1) is 12.4 Å². The number of rotatable bonds is 7. The van der Waals surface area contributed by atoms with Crippen LogP contribution < -0.4 is 10.0 Å². The fraction of sp³-hybridized carbons (Fsp3) is 1.00. The predicted molar refractivity (Wildman–Crippen MR) is 82.1 cm³/mol. The number of hydrogen-bond donors (Lipinski definition) is 3. The molecule has 3 N–H and O–H groups in total. The Kier molecular flexibility index (Phi) is 6.01. The summed E-state index contributed by atoms with van der Waals surface area (Å²) in [6.07, 6.45) is 3.61. The molecule has 0 amide bonds. The first kappa shape index (κ1) is 17.9. The van der Waals surface area contributed by atoms with Gasteiger partial charge in [-0.3, -0.25) is 0 Å². The molecule has 0 radical (unpaired) electrons. The molecule has 0 unspecified atom stereocenters. The van der Waals surface area contributed by atoms with Crippen LogP contribution in [0.4, 0.5) is 0 Å². The van der Waals surface area contributed by atoms with Crippen molar-refractivity contribution in [1.82, 2.24) is 10.0 Å². The minimum absolute atomic E-state index is 0.111. The van der Waals surface area contributed by atoms with E-state index in [1.54, 1.807) is 0 Å². The zero-order chi connectivity index (χ0) is 15.4. The Morgan fingerprint density at radius 3 is 2.45 bits per heavy atom. The first-order valence-corrected chi connectivity index (χ1v) is 9.06. The van der Waals surface area contributed by atoms with E-state index in [1.165, 1.54) is 13.5 Å². The lowest BCUT2D eigenvalue weighted by molar-refractivity contribution is 0.0367. The molecule has 0 heterocycles. The molecule has 1 fully saturated rings. The quantitative estimate of drug-likeness (QED) is 0.615. The van der Waals surface area contributed by atoms with Crippen LogP contribution in [0.15, 0.2) is 0 Å². The average Bonchev–Trinajstić information content (AvgIpc) is 2.32. The Bertz CT molecular complexity index is 409. The Labute approximate surface area is 123 Å². The van der Waals surface area contributed by atoms with Crippen molar-refractivity contribution < 1.29 is 13.5 Å². The first-order valence-electron chi connectivity index (χ1n) is 7.41. The van der Waals surface area contributed by atoms with Gasteiger partial charge >= 0.3 is 0 Å². The van der Waals surface area contributed by atoms with Crippen molar-refractivity contribution in [2.75, 3.05) is 26.0 Å². The molecule has 1 saturated carbocycles. The lowest BCUT2D eigenvalue weighted by Crippen LogP contribution is -2.55. The van der Waals surface area contributed by atoms with Gasteiger partial charge < -0.3 is 10.4 Å². The second kappa shape index (κ2) is 6.73. The van der Waals surface area contributed by atoms with E-state index in [9.17, 15) is 13.5 Å². The second-order valence-electron chi connectivity index (χ2n) is 7.10. The maximum atomic E-state index is 11.4. The highest BCUT2D eigenvalue weighted by Gasteiger charge is 2.42. The molecule has 120 valence electrons. The van der Waals surface area contributed by atoms with Crippen LogP contribution in [0, 0.1) is 11.3 Å². The number of nitrogens with one attached hydrogen (secondary N) is 2. The summed E-state index contributed by atoms with van der Waals surface area (Å²) in [5.41, 5.74) is -0.0466. The molecule has 0 aromatic heterocycles. The molecule has 0 spiro atoms. The average molecular weight is 306 g/mol. The van der Waals surface area contributed by atoms with E-state index in [1.807, 2.05) is 0 Å². The number of hydrogen-bond acceptors (Lipinski definition) is 4. The van der Waals surface area contributed by atoms with E-state index in [2.05, 4.69) is 30.8 Å². The van der Waals surface area contributed by atoms with Crippen LogP contribution in [-0.4, -0.2) is 45.0 Å². The number of sulfonamides is 1. The van der Waals surface area contributed by atoms with E-state index >= 15 is 0 Å². The van der Waals surface area contributed by atoms with E-state index < -0.39 is 10.0 Å². The zero-order valence-corrected chi connectivity index (χ0v) is 14.0. The van der Waals surface area contributed by atoms with Gasteiger partial charge in [-0.1, -0.05) is 20.8 Å². The molecule has 5 nitrogen and oxygen atoms in total. The van der Waals surface area contributed by atoms with Gasteiger partial charge in [0.1, 0.15) is 0 Å². The minimum Gasteiger partial charge on any atom is -0.394 e. The number of aliphatic hydroxyl groups excluding tert-OH is 1. The van der Waals surface area contributed by atoms with Crippen LogP contribution in [0.1, 0.15) is 46.5 Å². The van der Waals surface area contributed by atoms with Gasteiger partial charge in [-0.25, -0.2) is 13.1 Å². The maximum absolute atomic E-state index is 11.4. The lowest BCUT2D eigenvalue weighted by atomic mass is 9.64. The third-order valence-corrected chi connectivity index (χ3v) is 5.61. The fourth-order valence-electron chi connectivity index (χ4n) is 3.77. The molecule has 1 rings (SSSR count). The molecule has 2 atom stereocenters. The smallest absolute Gasteiger partial charge is 0.211 e. The summed E-state index contributed by atoms with van der Waals surface area (Å²) in [6.45, 7) is 7.42. The van der Waals surface area contributed by atoms with Crippen LogP contribution in [0.5, 0.6) is 0 Å². The van der Waals surface area contributed by atoms with Gasteiger partial charge in [0, 0.05) is 5.54 Å². The maximum Gasteiger partial charge on any atom is 0.211 e. The summed E-state index contributed by atoms with van der Waals surface area (Å²) >= 11 is 0. The summed E-state index contributed by atoms with van der Waals surface area (Å²) in [4.78, 5) is 0. The van der Waals surface area contributed by atoms with Crippen molar-refractivity contribution in [3.63, 3.8) is 0 Å². The molecule has 20 heavy (non-hydrogen) atoms. The van der Waals surface area contributed by atoms with Gasteiger partial charge in [-0.15, -0.1) is 0 Å². The normalized spacial score (nSPS) is 30.4. The van der Waals surface area contributed by atoms with Crippen LogP contribution in [0.3, 0.4) is 0 Å². The third kappa shape index (κ3) is 5.31. The van der Waals surface area contributed by atoms with E-state index in [4.69, 9.17) is 0 Å². The van der Waals surface area contributed by atoms with Gasteiger partial charge in [0.2, 0.25) is 10.0 Å². The molecule has 6 heteroatoms. The Hall–Kier alpha value is -0.170. The zero-order valence-electron chi connectivity index (χ0n) is 13.2. The van der Waals surface area contributed by atoms with Gasteiger partial charge in [-0.2, -0.15) is 0 Å². The highest BCUT2D eigenvalue weighted by atomic mass is 32.2. The van der Waals surface area contributed by atoms with Crippen molar-refractivity contribution in [2.45, 2.75) is 52.0 Å². The van der Waals surface area contributed by atoms with Gasteiger partial charge in [0.25, 0.3) is 0 Å². The van der Waals surface area contributed by atoms with Crippen molar-refractivity contribution in [3.05, 3.63) is 0 Å². The highest BCUT2D eigenvalue weighted by Crippen LogP contribution is 2.43. The standard InChI is InChI=1S/C14H30N2O3S/c1-12-8-13(2,3)10-14(9-12,11-17)16-6-5-7-20(18,19)15-4/h12,15-17H,5-11H2,1-4H3/t12-,14-/m0/s1. The summed E-state index contributed by atoms with van der Waals surface area (Å²) in [5.74, 6) is 0.691. The Morgan fingerprint density at radius 2 is 1.95 bits per heavy atom. The van der Waals surface area contributed by atoms with E-state index in [-0.39, 0.29) is 23.3 Å². The molecular formula is C14H30N2O3S. The number of aliphatic hydroxyl groups is 1. The molecule has 1 aliphatic carbocycles. The third-order valence-electron chi connectivity index (χ3n) is 4.16. The van der Waals surface area contributed by atoms with Gasteiger partial charge in [0.15, 0.2) is 0 Å². The van der Waals surface area contributed by atoms with Crippen LogP contribution >= 0.6 is 0 Å². The Balaban J connectivity index is 2.54. The Morgan fingerprint density at radius 1 is 1.30 bits per heavy atom. The fourth-order valence-corrected chi connectivity index (χ4v) is 4.50. The van der Waals surface area contributed by atoms with Gasteiger partial charge in [-0.05, 0) is 50.6 Å². The van der Waals surface area contributed by atoms with Crippen LogP contribution in [0.25, 0.3) is 0 Å². The monoisotopic (exact) mass is 306 g/mol. The van der Waals surface area contributed by atoms with Crippen molar-refractivity contribution in [1.29, 1.82) is 0 Å². The molecule has 0 bridgehead atoms. The van der Waals surface area contributed by atoms with Crippen molar-refractivity contribution >= 4 is 10.0 Å². The molecular weight excluding hydrogens is 276 g/mol. The lowest BCUT2D eigenvalue weighted by Gasteiger charge is -2.47. The summed E-state index contributed by atoms with van der Waals surface area (Å²) < 4.78 is 25.1. The molecule has 1 aliphatic rings. The first-order chi connectivity index (χ1) is 9.14. The minimum atomic E-state index is -3.14. The second-order valence-corrected chi connectivity index (χ2v) is 9.14. The summed E-state index contributed by atoms with van der Waals surface area (Å²) in [7, 11) is -1.70. The molecule has 0 aliphatic heterocycles. The molecule has 0 aromatic carbocycles. The molecule has 0 saturated heterocycles. The predicted octanol–water partition coefficient (Wildman–Crippen LogP) is 1.09. The van der Waals surface area contributed by atoms with Crippen molar-refractivity contribution in [3.8, 4) is 0 Å². The van der Waals surface area contributed by atoms with Crippen molar-refractivity contribution in [2.24, 2.45) is 11.3 Å². The molecule has 0 aromatic rings. The largest absolute Gasteiger partial charge is 0.394 e. The SMILES string of the molecule is CNS(=O)(=O)CCCN[C@@]1(CO)C[C@@H](C)CC(C)(C)C1. The highest BCUT2D eigenvalue weighted by molar-refractivity contribution is 7.89. The van der Waals surface area contributed by atoms with E-state index in [0.717, 1.165) is 12.8 Å². The summed E-state index contributed by atoms with van der Waals surface area (Å²) in [6, 6.07) is 0.